The Labute approximate surface area is 166 Å². The number of aromatic nitrogens is 1. The molecule has 0 aliphatic heterocycles. The zero-order valence-corrected chi connectivity index (χ0v) is 16.3. The van der Waals surface area contributed by atoms with Gasteiger partial charge in [0.05, 0.1) is 13.2 Å². The Morgan fingerprint density at radius 1 is 1.04 bits per heavy atom. The van der Waals surface area contributed by atoms with Crippen LogP contribution >= 0.6 is 0 Å². The van der Waals surface area contributed by atoms with Gasteiger partial charge in [0.2, 0.25) is 0 Å². The van der Waals surface area contributed by atoms with E-state index in [0.29, 0.717) is 31.2 Å². The molecule has 0 bridgehead atoms. The average molecular weight is 378 g/mol. The Kier molecular flexibility index (Phi) is 7.00. The van der Waals surface area contributed by atoms with Gasteiger partial charge in [-0.1, -0.05) is 42.0 Å². The molecule has 1 atom stereocenters. The first-order valence-electron chi connectivity index (χ1n) is 9.29. The third kappa shape index (κ3) is 5.55. The van der Waals surface area contributed by atoms with E-state index in [1.165, 1.54) is 5.56 Å². The van der Waals surface area contributed by atoms with Crippen molar-refractivity contribution in [1.82, 2.24) is 10.3 Å². The Balaban J connectivity index is 1.57. The van der Waals surface area contributed by atoms with E-state index in [0.717, 1.165) is 16.7 Å². The molecule has 146 valence electrons. The summed E-state index contributed by atoms with van der Waals surface area (Å²) < 4.78 is 11.3. The lowest BCUT2D eigenvalue weighted by atomic mass is 10.1. The normalized spacial score (nSPS) is 11.8. The van der Waals surface area contributed by atoms with Crippen molar-refractivity contribution < 1.29 is 14.6 Å². The molecule has 0 aliphatic rings. The smallest absolute Gasteiger partial charge is 0.161 e. The van der Waals surface area contributed by atoms with Crippen molar-refractivity contribution in [1.29, 1.82) is 0 Å². The summed E-state index contributed by atoms with van der Waals surface area (Å²) >= 11 is 0. The zero-order chi connectivity index (χ0) is 19.8. The van der Waals surface area contributed by atoms with Crippen molar-refractivity contribution in [2.24, 2.45) is 0 Å². The van der Waals surface area contributed by atoms with E-state index in [9.17, 15) is 5.11 Å². The van der Waals surface area contributed by atoms with Crippen LogP contribution in [0.25, 0.3) is 0 Å². The Morgan fingerprint density at radius 3 is 2.57 bits per heavy atom. The molecule has 0 saturated carbocycles. The van der Waals surface area contributed by atoms with E-state index >= 15 is 0 Å². The lowest BCUT2D eigenvalue weighted by Gasteiger charge is -2.15. The monoisotopic (exact) mass is 378 g/mol. The fourth-order valence-electron chi connectivity index (χ4n) is 2.85. The van der Waals surface area contributed by atoms with Crippen molar-refractivity contribution in [2.45, 2.75) is 26.2 Å². The predicted molar refractivity (Wildman–Crippen MR) is 109 cm³/mol. The molecular formula is C23H26N2O3. The van der Waals surface area contributed by atoms with E-state index in [2.05, 4.69) is 10.3 Å². The molecule has 2 N–H and O–H groups in total. The highest BCUT2D eigenvalue weighted by Crippen LogP contribution is 2.29. The highest BCUT2D eigenvalue weighted by Gasteiger charge is 2.09. The SMILES string of the molecule is COc1ccc(CNCC(O)c2ccc(C)cc2)cc1OCc1cccnc1. The number of benzene rings is 2. The van der Waals surface area contributed by atoms with Gasteiger partial charge in [0.15, 0.2) is 11.5 Å². The maximum Gasteiger partial charge on any atom is 0.161 e. The van der Waals surface area contributed by atoms with Gasteiger partial charge in [-0.3, -0.25) is 4.98 Å². The fourth-order valence-corrected chi connectivity index (χ4v) is 2.85. The van der Waals surface area contributed by atoms with E-state index in [1.54, 1.807) is 19.5 Å². The van der Waals surface area contributed by atoms with Crippen LogP contribution < -0.4 is 14.8 Å². The molecule has 28 heavy (non-hydrogen) atoms. The number of aryl methyl sites for hydroxylation is 1. The van der Waals surface area contributed by atoms with E-state index in [-0.39, 0.29) is 0 Å². The fraction of sp³-hybridized carbons (Fsp3) is 0.261. The zero-order valence-electron chi connectivity index (χ0n) is 16.3. The minimum absolute atomic E-state index is 0.424. The highest BCUT2D eigenvalue weighted by atomic mass is 16.5. The van der Waals surface area contributed by atoms with Crippen LogP contribution in [-0.2, 0) is 13.2 Å². The number of nitrogens with zero attached hydrogens (tertiary/aromatic N) is 1. The van der Waals surface area contributed by atoms with Crippen LogP contribution in [0, 0.1) is 6.92 Å². The van der Waals surface area contributed by atoms with Crippen molar-refractivity contribution >= 4 is 0 Å². The van der Waals surface area contributed by atoms with Crippen LogP contribution in [0.2, 0.25) is 0 Å². The number of nitrogens with one attached hydrogen (secondary N) is 1. The molecule has 1 aromatic heterocycles. The van der Waals surface area contributed by atoms with Gasteiger partial charge in [0.1, 0.15) is 6.61 Å². The first kappa shape index (κ1) is 19.9. The van der Waals surface area contributed by atoms with Crippen molar-refractivity contribution in [3.8, 4) is 11.5 Å². The summed E-state index contributed by atoms with van der Waals surface area (Å²) in [5.74, 6) is 1.37. The second-order valence-corrected chi connectivity index (χ2v) is 6.69. The molecule has 0 aliphatic carbocycles. The van der Waals surface area contributed by atoms with Crippen LogP contribution in [0.4, 0.5) is 0 Å². The summed E-state index contributed by atoms with van der Waals surface area (Å²) in [5.41, 5.74) is 4.14. The second-order valence-electron chi connectivity index (χ2n) is 6.69. The molecule has 0 saturated heterocycles. The van der Waals surface area contributed by atoms with Gasteiger partial charge in [-0.15, -0.1) is 0 Å². The van der Waals surface area contributed by atoms with Gasteiger partial charge in [-0.25, -0.2) is 0 Å². The number of hydrogen-bond donors (Lipinski definition) is 2. The quantitative estimate of drug-likeness (QED) is 0.593. The summed E-state index contributed by atoms with van der Waals surface area (Å²) in [4.78, 5) is 4.10. The molecule has 5 nitrogen and oxygen atoms in total. The number of hydrogen-bond acceptors (Lipinski definition) is 5. The van der Waals surface area contributed by atoms with Gasteiger partial charge in [0.25, 0.3) is 0 Å². The van der Waals surface area contributed by atoms with Gasteiger partial charge in [-0.05, 0) is 36.2 Å². The third-order valence-corrected chi connectivity index (χ3v) is 4.47. The van der Waals surface area contributed by atoms with E-state index in [4.69, 9.17) is 9.47 Å². The maximum absolute atomic E-state index is 10.3. The predicted octanol–water partition coefficient (Wildman–Crippen LogP) is 3.80. The molecule has 3 rings (SSSR count). The van der Waals surface area contributed by atoms with Crippen LogP contribution in [0.1, 0.15) is 28.4 Å². The molecule has 0 fully saturated rings. The van der Waals surface area contributed by atoms with Gasteiger partial charge >= 0.3 is 0 Å². The molecule has 2 aromatic carbocycles. The largest absolute Gasteiger partial charge is 0.493 e. The lowest BCUT2D eigenvalue weighted by molar-refractivity contribution is 0.174. The number of pyridine rings is 1. The molecule has 0 spiro atoms. The molecule has 0 radical (unpaired) electrons. The minimum Gasteiger partial charge on any atom is -0.493 e. The number of aliphatic hydroxyl groups is 1. The summed E-state index contributed by atoms with van der Waals surface area (Å²) in [6, 6.07) is 17.6. The van der Waals surface area contributed by atoms with E-state index < -0.39 is 6.10 Å². The highest BCUT2D eigenvalue weighted by molar-refractivity contribution is 5.43. The van der Waals surface area contributed by atoms with Crippen LogP contribution in [0.3, 0.4) is 0 Å². The molecule has 5 heteroatoms. The topological polar surface area (TPSA) is 63.6 Å². The number of rotatable bonds is 9. The number of aliphatic hydroxyl groups excluding tert-OH is 1. The standard InChI is InChI=1S/C23H26N2O3/c1-17-5-8-20(9-6-17)21(26)15-25-13-18-7-10-22(27-2)23(12-18)28-16-19-4-3-11-24-14-19/h3-12,14,21,25-26H,13,15-16H2,1-2H3. The van der Waals surface area contributed by atoms with Crippen molar-refractivity contribution in [2.75, 3.05) is 13.7 Å². The summed E-state index contributed by atoms with van der Waals surface area (Å²) in [6.07, 6.45) is 2.98. The third-order valence-electron chi connectivity index (χ3n) is 4.47. The summed E-state index contributed by atoms with van der Waals surface area (Å²) in [5, 5.41) is 13.6. The average Bonchev–Trinajstić information content (AvgIpc) is 2.73. The second kappa shape index (κ2) is 9.88. The Bertz CT molecular complexity index is 867. The first-order valence-corrected chi connectivity index (χ1v) is 9.29. The van der Waals surface area contributed by atoms with Gasteiger partial charge in [0, 0.05) is 31.0 Å². The van der Waals surface area contributed by atoms with Crippen LogP contribution in [-0.4, -0.2) is 23.7 Å². The molecule has 1 unspecified atom stereocenters. The molecular weight excluding hydrogens is 352 g/mol. The van der Waals surface area contributed by atoms with E-state index in [1.807, 2.05) is 61.5 Å². The molecule has 0 amide bonds. The summed E-state index contributed by atoms with van der Waals surface area (Å²) in [6.45, 7) is 3.55. The van der Waals surface area contributed by atoms with Gasteiger partial charge < -0.3 is 19.9 Å². The maximum atomic E-state index is 10.3. The van der Waals surface area contributed by atoms with Crippen LogP contribution in [0.5, 0.6) is 11.5 Å². The Morgan fingerprint density at radius 2 is 1.86 bits per heavy atom. The van der Waals surface area contributed by atoms with Crippen LogP contribution in [0.15, 0.2) is 67.0 Å². The van der Waals surface area contributed by atoms with Gasteiger partial charge in [-0.2, -0.15) is 0 Å². The molecule has 1 heterocycles. The molecule has 3 aromatic rings. The van der Waals surface area contributed by atoms with Crippen molar-refractivity contribution in [3.05, 3.63) is 89.2 Å². The number of ether oxygens (including phenoxy) is 2. The number of methoxy groups -OCH3 is 1. The Hall–Kier alpha value is -2.89. The van der Waals surface area contributed by atoms with Crippen molar-refractivity contribution in [3.63, 3.8) is 0 Å². The summed E-state index contributed by atoms with van der Waals surface area (Å²) in [7, 11) is 1.63. The first-order chi connectivity index (χ1) is 13.7. The lowest BCUT2D eigenvalue weighted by Crippen LogP contribution is -2.21. The minimum atomic E-state index is -0.542.